The van der Waals surface area contributed by atoms with Gasteiger partial charge in [-0.3, -0.25) is 4.79 Å². The molecule has 1 amide bonds. The molecular formula is C16H17NO4. The molecule has 2 rings (SSSR count). The summed E-state index contributed by atoms with van der Waals surface area (Å²) in [6, 6.07) is 9.87. The Labute approximate surface area is 122 Å². The predicted octanol–water partition coefficient (Wildman–Crippen LogP) is 2.71. The van der Waals surface area contributed by atoms with Crippen LogP contribution >= 0.6 is 0 Å². The first-order valence-corrected chi connectivity index (χ1v) is 6.64. The smallest absolute Gasteiger partial charge is 0.335 e. The predicted molar refractivity (Wildman–Crippen MR) is 77.1 cm³/mol. The largest absolute Gasteiger partial charge is 0.478 e. The lowest BCUT2D eigenvalue weighted by Gasteiger charge is -2.12. The Hall–Kier alpha value is -2.56. The first-order valence-electron chi connectivity index (χ1n) is 6.64. The highest BCUT2D eigenvalue weighted by Crippen LogP contribution is 2.16. The highest BCUT2D eigenvalue weighted by Gasteiger charge is 2.16. The van der Waals surface area contributed by atoms with Crippen molar-refractivity contribution in [3.05, 3.63) is 59.0 Å². The summed E-state index contributed by atoms with van der Waals surface area (Å²) in [7, 11) is 0. The van der Waals surface area contributed by atoms with Crippen LogP contribution in [-0.2, 0) is 11.2 Å². The molecule has 0 bridgehead atoms. The fourth-order valence-electron chi connectivity index (χ4n) is 2.11. The Morgan fingerprint density at radius 1 is 1.24 bits per heavy atom. The molecule has 0 saturated heterocycles. The summed E-state index contributed by atoms with van der Waals surface area (Å²) in [6.07, 6.45) is 0.0203. The molecule has 5 heteroatoms. The molecule has 1 heterocycles. The highest BCUT2D eigenvalue weighted by molar-refractivity contribution is 5.91. The third kappa shape index (κ3) is 3.72. The number of hydrogen-bond donors (Lipinski definition) is 2. The maximum absolute atomic E-state index is 12.0. The molecule has 110 valence electrons. The molecule has 21 heavy (non-hydrogen) atoms. The summed E-state index contributed by atoms with van der Waals surface area (Å²) < 4.78 is 5.45. The van der Waals surface area contributed by atoms with Crippen LogP contribution in [0.1, 0.15) is 40.4 Å². The van der Waals surface area contributed by atoms with Crippen LogP contribution in [0, 0.1) is 6.92 Å². The van der Waals surface area contributed by atoms with Gasteiger partial charge in [-0.15, -0.1) is 0 Å². The third-order valence-corrected chi connectivity index (χ3v) is 3.16. The normalized spacial score (nSPS) is 11.9. The number of amides is 1. The zero-order valence-electron chi connectivity index (χ0n) is 11.9. The first kappa shape index (κ1) is 14.8. The van der Waals surface area contributed by atoms with E-state index in [1.807, 2.05) is 26.0 Å². The lowest BCUT2D eigenvalue weighted by molar-refractivity contribution is -0.121. The summed E-state index contributed by atoms with van der Waals surface area (Å²) in [4.78, 5) is 23.1. The topological polar surface area (TPSA) is 79.5 Å². The number of aryl methyl sites for hydroxylation is 1. The van der Waals surface area contributed by atoms with Gasteiger partial charge in [0, 0.05) is 0 Å². The molecule has 5 nitrogen and oxygen atoms in total. The van der Waals surface area contributed by atoms with Crippen LogP contribution in [0.3, 0.4) is 0 Å². The minimum absolute atomic E-state index is 0.0203. The van der Waals surface area contributed by atoms with Crippen LogP contribution in [-0.4, -0.2) is 17.0 Å². The van der Waals surface area contributed by atoms with E-state index in [-0.39, 0.29) is 23.9 Å². The number of carboxylic acid groups (broad SMARTS) is 1. The van der Waals surface area contributed by atoms with Gasteiger partial charge in [0.15, 0.2) is 0 Å². The lowest BCUT2D eigenvalue weighted by Crippen LogP contribution is -2.28. The Morgan fingerprint density at radius 3 is 2.57 bits per heavy atom. The molecule has 2 N–H and O–H groups in total. The molecular weight excluding hydrogens is 270 g/mol. The summed E-state index contributed by atoms with van der Waals surface area (Å²) in [6.45, 7) is 3.65. The quantitative estimate of drug-likeness (QED) is 0.886. The number of aromatic carboxylic acids is 1. The Balaban J connectivity index is 2.04. The van der Waals surface area contributed by atoms with Gasteiger partial charge in [-0.25, -0.2) is 4.79 Å². The molecule has 1 aromatic heterocycles. The molecule has 1 unspecified atom stereocenters. The molecule has 1 aromatic carbocycles. The number of nitrogens with one attached hydrogen (secondary N) is 1. The van der Waals surface area contributed by atoms with Gasteiger partial charge in [-0.1, -0.05) is 18.2 Å². The van der Waals surface area contributed by atoms with E-state index in [0.717, 1.165) is 5.76 Å². The van der Waals surface area contributed by atoms with Crippen molar-refractivity contribution in [2.75, 3.05) is 0 Å². The average molecular weight is 287 g/mol. The van der Waals surface area contributed by atoms with Crippen LogP contribution in [0.4, 0.5) is 0 Å². The molecule has 0 aliphatic heterocycles. The zero-order chi connectivity index (χ0) is 15.4. The van der Waals surface area contributed by atoms with Crippen LogP contribution in [0.2, 0.25) is 0 Å². The van der Waals surface area contributed by atoms with Crippen molar-refractivity contribution >= 4 is 11.9 Å². The number of carboxylic acids is 1. The van der Waals surface area contributed by atoms with Crippen molar-refractivity contribution in [1.82, 2.24) is 5.32 Å². The van der Waals surface area contributed by atoms with Crippen molar-refractivity contribution in [3.8, 4) is 0 Å². The molecule has 0 aliphatic carbocycles. The van der Waals surface area contributed by atoms with Crippen molar-refractivity contribution < 1.29 is 19.1 Å². The second-order valence-electron chi connectivity index (χ2n) is 4.88. The SMILES string of the molecule is Cc1ccc(C(C)NC(=O)Cc2ccccc2C(=O)O)o1. The fourth-order valence-corrected chi connectivity index (χ4v) is 2.11. The third-order valence-electron chi connectivity index (χ3n) is 3.16. The maximum Gasteiger partial charge on any atom is 0.335 e. The standard InChI is InChI=1S/C16H17NO4/c1-10-7-8-14(21-10)11(2)17-15(18)9-12-5-3-4-6-13(12)16(19)20/h3-8,11H,9H2,1-2H3,(H,17,18)(H,19,20). The number of hydrogen-bond acceptors (Lipinski definition) is 3. The van der Waals surface area contributed by atoms with E-state index in [2.05, 4.69) is 5.32 Å². The fraction of sp³-hybridized carbons (Fsp3) is 0.250. The summed E-state index contributed by atoms with van der Waals surface area (Å²) >= 11 is 0. The molecule has 2 aromatic rings. The van der Waals surface area contributed by atoms with Crippen LogP contribution in [0.5, 0.6) is 0 Å². The molecule has 0 radical (unpaired) electrons. The van der Waals surface area contributed by atoms with Crippen molar-refractivity contribution in [2.45, 2.75) is 26.3 Å². The van der Waals surface area contributed by atoms with Gasteiger partial charge in [0.1, 0.15) is 11.5 Å². The highest BCUT2D eigenvalue weighted by atomic mass is 16.4. The first-order chi connectivity index (χ1) is 9.97. The van der Waals surface area contributed by atoms with E-state index in [4.69, 9.17) is 9.52 Å². The molecule has 0 saturated carbocycles. The van der Waals surface area contributed by atoms with E-state index in [0.29, 0.717) is 11.3 Å². The van der Waals surface area contributed by atoms with Gasteiger partial charge >= 0.3 is 5.97 Å². The Morgan fingerprint density at radius 2 is 1.95 bits per heavy atom. The van der Waals surface area contributed by atoms with Gasteiger partial charge in [0.25, 0.3) is 0 Å². The average Bonchev–Trinajstić information content (AvgIpc) is 2.85. The van der Waals surface area contributed by atoms with Gasteiger partial charge in [-0.2, -0.15) is 0 Å². The number of carbonyl (C=O) groups is 2. The van der Waals surface area contributed by atoms with Gasteiger partial charge in [0.05, 0.1) is 18.0 Å². The van der Waals surface area contributed by atoms with E-state index < -0.39 is 5.97 Å². The summed E-state index contributed by atoms with van der Waals surface area (Å²) in [5.74, 6) is 0.174. The minimum Gasteiger partial charge on any atom is -0.478 e. The van der Waals surface area contributed by atoms with Crippen LogP contribution in [0.15, 0.2) is 40.8 Å². The summed E-state index contributed by atoms with van der Waals surface area (Å²) in [5.41, 5.74) is 0.638. The van der Waals surface area contributed by atoms with E-state index in [1.165, 1.54) is 6.07 Å². The molecule has 1 atom stereocenters. The maximum atomic E-state index is 12.0. The molecule has 0 aliphatic rings. The van der Waals surface area contributed by atoms with Crippen molar-refractivity contribution in [2.24, 2.45) is 0 Å². The minimum atomic E-state index is -1.03. The molecule has 0 spiro atoms. The molecule has 0 fully saturated rings. The second-order valence-corrected chi connectivity index (χ2v) is 4.88. The number of carbonyl (C=O) groups excluding carboxylic acids is 1. The number of benzene rings is 1. The number of furan rings is 1. The van der Waals surface area contributed by atoms with E-state index in [9.17, 15) is 9.59 Å². The van der Waals surface area contributed by atoms with Crippen LogP contribution in [0.25, 0.3) is 0 Å². The van der Waals surface area contributed by atoms with Crippen LogP contribution < -0.4 is 5.32 Å². The second kappa shape index (κ2) is 6.26. The van der Waals surface area contributed by atoms with Gasteiger partial charge < -0.3 is 14.8 Å². The van der Waals surface area contributed by atoms with E-state index in [1.54, 1.807) is 18.2 Å². The summed E-state index contributed by atoms with van der Waals surface area (Å²) in [5, 5.41) is 11.9. The Kier molecular flexibility index (Phi) is 4.42. The van der Waals surface area contributed by atoms with Gasteiger partial charge in [-0.05, 0) is 37.6 Å². The van der Waals surface area contributed by atoms with Crippen molar-refractivity contribution in [1.29, 1.82) is 0 Å². The lowest BCUT2D eigenvalue weighted by atomic mass is 10.0. The van der Waals surface area contributed by atoms with Gasteiger partial charge in [0.2, 0.25) is 5.91 Å². The number of rotatable bonds is 5. The zero-order valence-corrected chi connectivity index (χ0v) is 11.9. The monoisotopic (exact) mass is 287 g/mol. The Bertz CT molecular complexity index is 660. The van der Waals surface area contributed by atoms with Crippen molar-refractivity contribution in [3.63, 3.8) is 0 Å². The van der Waals surface area contributed by atoms with E-state index >= 15 is 0 Å².